The Bertz CT molecular complexity index is 230. The fourth-order valence-electron chi connectivity index (χ4n) is 4.39. The fourth-order valence-corrected chi connectivity index (χ4v) is 4.39. The van der Waals surface area contributed by atoms with Crippen LogP contribution in [0.5, 0.6) is 0 Å². The van der Waals surface area contributed by atoms with Gasteiger partial charge in [-0.15, -0.1) is 0 Å². The number of nitrogens with one attached hydrogen (secondary N) is 2. The topological polar surface area (TPSA) is 24.1 Å². The van der Waals surface area contributed by atoms with Gasteiger partial charge >= 0.3 is 0 Å². The summed E-state index contributed by atoms with van der Waals surface area (Å²) in [4.78, 5) is 0. The molecule has 2 nitrogen and oxygen atoms in total. The van der Waals surface area contributed by atoms with Gasteiger partial charge in [0.25, 0.3) is 0 Å². The van der Waals surface area contributed by atoms with Gasteiger partial charge in [-0.3, -0.25) is 10.6 Å². The number of hydrogen-bond donors (Lipinski definition) is 2. The van der Waals surface area contributed by atoms with Gasteiger partial charge in [0.1, 0.15) is 0 Å². The first-order valence-corrected chi connectivity index (χ1v) is 8.78. The van der Waals surface area contributed by atoms with E-state index in [1.165, 1.54) is 64.2 Å². The molecule has 0 atom stereocenters. The van der Waals surface area contributed by atoms with Crippen LogP contribution < -0.4 is 10.6 Å². The molecule has 0 amide bonds. The molecule has 0 saturated heterocycles. The van der Waals surface area contributed by atoms with Crippen LogP contribution in [-0.2, 0) is 0 Å². The second-order valence-electron chi connectivity index (χ2n) is 6.83. The van der Waals surface area contributed by atoms with E-state index in [0.29, 0.717) is 0 Å². The minimum absolute atomic E-state index is 0.257. The van der Waals surface area contributed by atoms with Crippen LogP contribution >= 0.6 is 0 Å². The average Bonchev–Trinajstić information content (AvgIpc) is 2.43. The van der Waals surface area contributed by atoms with Gasteiger partial charge in [0, 0.05) is 0 Å². The zero-order valence-electron chi connectivity index (χ0n) is 13.1. The first-order valence-electron chi connectivity index (χ1n) is 8.78. The van der Waals surface area contributed by atoms with Gasteiger partial charge in [-0.05, 0) is 57.0 Å². The number of rotatable bonds is 6. The van der Waals surface area contributed by atoms with Crippen molar-refractivity contribution in [3.05, 3.63) is 0 Å². The Balaban J connectivity index is 1.76. The molecule has 0 aliphatic heterocycles. The predicted octanol–water partition coefficient (Wildman–Crippen LogP) is 4.06. The van der Waals surface area contributed by atoms with Crippen molar-refractivity contribution in [3.63, 3.8) is 0 Å². The van der Waals surface area contributed by atoms with E-state index in [2.05, 4.69) is 24.5 Å². The van der Waals surface area contributed by atoms with Crippen LogP contribution in [-0.4, -0.2) is 18.8 Å². The highest BCUT2D eigenvalue weighted by molar-refractivity contribution is 4.90. The van der Waals surface area contributed by atoms with Crippen molar-refractivity contribution in [1.82, 2.24) is 10.6 Å². The largest absolute Gasteiger partial charge is 0.300 e. The van der Waals surface area contributed by atoms with E-state index in [0.717, 1.165) is 24.9 Å². The summed E-state index contributed by atoms with van der Waals surface area (Å²) in [6, 6.07) is 0. The molecule has 2 fully saturated rings. The van der Waals surface area contributed by atoms with Crippen molar-refractivity contribution in [2.75, 3.05) is 13.1 Å². The molecule has 0 spiro atoms. The van der Waals surface area contributed by atoms with E-state index in [9.17, 15) is 0 Å². The lowest BCUT2D eigenvalue weighted by atomic mass is 9.74. The van der Waals surface area contributed by atoms with Gasteiger partial charge in [-0.25, -0.2) is 0 Å². The van der Waals surface area contributed by atoms with Gasteiger partial charge in [0.2, 0.25) is 0 Å². The molecule has 2 aliphatic carbocycles. The molecule has 2 saturated carbocycles. The maximum absolute atomic E-state index is 3.71. The first kappa shape index (κ1) is 15.3. The van der Waals surface area contributed by atoms with E-state index < -0.39 is 0 Å². The fraction of sp³-hybridized carbons (Fsp3) is 1.00. The molecule has 2 rings (SSSR count). The molecule has 0 radical (unpaired) electrons. The van der Waals surface area contributed by atoms with Crippen LogP contribution in [0.2, 0.25) is 0 Å². The average molecular weight is 266 g/mol. The zero-order valence-corrected chi connectivity index (χ0v) is 13.1. The van der Waals surface area contributed by atoms with E-state index in [-0.39, 0.29) is 5.66 Å². The Morgan fingerprint density at radius 1 is 0.789 bits per heavy atom. The van der Waals surface area contributed by atoms with Crippen molar-refractivity contribution in [2.24, 2.45) is 11.8 Å². The molecule has 0 bridgehead atoms. The van der Waals surface area contributed by atoms with Crippen LogP contribution in [0.1, 0.15) is 78.1 Å². The highest BCUT2D eigenvalue weighted by Gasteiger charge is 2.34. The van der Waals surface area contributed by atoms with Crippen molar-refractivity contribution >= 4 is 0 Å². The molecule has 0 aromatic heterocycles. The SMILES string of the molecule is CCNC1(NCC)CCC(CC2CCCCC2)CC1. The molecule has 112 valence electrons. The lowest BCUT2D eigenvalue weighted by molar-refractivity contribution is 0.134. The minimum Gasteiger partial charge on any atom is -0.300 e. The summed E-state index contributed by atoms with van der Waals surface area (Å²) in [5, 5.41) is 7.42. The summed E-state index contributed by atoms with van der Waals surface area (Å²) < 4.78 is 0. The second kappa shape index (κ2) is 7.64. The first-order chi connectivity index (χ1) is 9.28. The van der Waals surface area contributed by atoms with E-state index in [1.807, 2.05) is 0 Å². The summed E-state index contributed by atoms with van der Waals surface area (Å²) in [6.45, 7) is 6.63. The molecule has 0 heterocycles. The van der Waals surface area contributed by atoms with Crippen molar-refractivity contribution < 1.29 is 0 Å². The van der Waals surface area contributed by atoms with Crippen molar-refractivity contribution in [2.45, 2.75) is 83.7 Å². The van der Waals surface area contributed by atoms with E-state index in [4.69, 9.17) is 0 Å². The highest BCUT2D eigenvalue weighted by Crippen LogP contribution is 2.37. The molecule has 0 aromatic rings. The summed E-state index contributed by atoms with van der Waals surface area (Å²) >= 11 is 0. The standard InChI is InChI=1S/C17H34N2/c1-3-18-17(19-4-2)12-10-16(11-13-17)14-15-8-6-5-7-9-15/h15-16,18-19H,3-14H2,1-2H3. The molecule has 2 N–H and O–H groups in total. The molecule has 2 aliphatic rings. The Labute approximate surface area is 120 Å². The quantitative estimate of drug-likeness (QED) is 0.708. The summed E-state index contributed by atoms with van der Waals surface area (Å²) in [5.41, 5.74) is 0.257. The van der Waals surface area contributed by atoms with E-state index >= 15 is 0 Å². The molecule has 2 heteroatoms. The maximum Gasteiger partial charge on any atom is 0.0687 e. The van der Waals surface area contributed by atoms with Gasteiger partial charge in [-0.2, -0.15) is 0 Å². The van der Waals surface area contributed by atoms with Crippen molar-refractivity contribution in [3.8, 4) is 0 Å². The maximum atomic E-state index is 3.71. The molecular weight excluding hydrogens is 232 g/mol. The van der Waals surface area contributed by atoms with Gasteiger partial charge < -0.3 is 0 Å². The minimum atomic E-state index is 0.257. The van der Waals surface area contributed by atoms with Crippen LogP contribution in [0.3, 0.4) is 0 Å². The van der Waals surface area contributed by atoms with Crippen LogP contribution in [0.4, 0.5) is 0 Å². The van der Waals surface area contributed by atoms with Gasteiger partial charge in [0.05, 0.1) is 5.66 Å². The third-order valence-electron chi connectivity index (χ3n) is 5.38. The highest BCUT2D eigenvalue weighted by atomic mass is 15.2. The Kier molecular flexibility index (Phi) is 6.15. The summed E-state index contributed by atoms with van der Waals surface area (Å²) in [6.07, 6.45) is 14.5. The molecular formula is C17H34N2. The Morgan fingerprint density at radius 2 is 1.32 bits per heavy atom. The lowest BCUT2D eigenvalue weighted by Crippen LogP contribution is -2.58. The lowest BCUT2D eigenvalue weighted by Gasteiger charge is -2.42. The van der Waals surface area contributed by atoms with E-state index in [1.54, 1.807) is 0 Å². The van der Waals surface area contributed by atoms with Crippen LogP contribution in [0.15, 0.2) is 0 Å². The van der Waals surface area contributed by atoms with Crippen LogP contribution in [0, 0.1) is 11.8 Å². The third-order valence-corrected chi connectivity index (χ3v) is 5.38. The molecule has 0 unspecified atom stereocenters. The number of hydrogen-bond acceptors (Lipinski definition) is 2. The normalized spacial score (nSPS) is 25.6. The Morgan fingerprint density at radius 3 is 1.84 bits per heavy atom. The molecule has 19 heavy (non-hydrogen) atoms. The smallest absolute Gasteiger partial charge is 0.0687 e. The van der Waals surface area contributed by atoms with Crippen LogP contribution in [0.25, 0.3) is 0 Å². The zero-order chi connectivity index (χ0) is 13.6. The van der Waals surface area contributed by atoms with Crippen molar-refractivity contribution in [1.29, 1.82) is 0 Å². The molecule has 0 aromatic carbocycles. The summed E-state index contributed by atoms with van der Waals surface area (Å²) in [5.74, 6) is 2.07. The third kappa shape index (κ3) is 4.46. The Hall–Kier alpha value is -0.0800. The van der Waals surface area contributed by atoms with Gasteiger partial charge in [-0.1, -0.05) is 46.0 Å². The summed E-state index contributed by atoms with van der Waals surface area (Å²) in [7, 11) is 0. The monoisotopic (exact) mass is 266 g/mol. The predicted molar refractivity (Wildman–Crippen MR) is 83.2 cm³/mol. The van der Waals surface area contributed by atoms with Gasteiger partial charge in [0.15, 0.2) is 0 Å². The second-order valence-corrected chi connectivity index (χ2v) is 6.83.